The predicted octanol–water partition coefficient (Wildman–Crippen LogP) is 4.39. The summed E-state index contributed by atoms with van der Waals surface area (Å²) in [6, 6.07) is 14.2. The van der Waals surface area contributed by atoms with E-state index < -0.39 is 0 Å². The third kappa shape index (κ3) is 3.12. The number of phenolic OH excluding ortho intramolecular Hbond substituents is 1. The van der Waals surface area contributed by atoms with Crippen molar-refractivity contribution in [1.29, 1.82) is 0 Å². The highest BCUT2D eigenvalue weighted by molar-refractivity contribution is 5.41. The second-order valence-corrected chi connectivity index (χ2v) is 9.82. The van der Waals surface area contributed by atoms with E-state index in [1.807, 2.05) is 18.2 Å². The number of fused-ring (bicyclic) bond motifs is 5. The van der Waals surface area contributed by atoms with Crippen LogP contribution in [0.15, 0.2) is 42.5 Å². The molecule has 0 spiro atoms. The van der Waals surface area contributed by atoms with Crippen LogP contribution in [0.5, 0.6) is 11.5 Å². The molecule has 0 aliphatic heterocycles. The number of aromatic hydroxyl groups is 1. The Morgan fingerprint density at radius 2 is 2.00 bits per heavy atom. The Morgan fingerprint density at radius 3 is 2.80 bits per heavy atom. The normalized spacial score (nSPS) is 34.7. The van der Waals surface area contributed by atoms with Crippen LogP contribution in [-0.4, -0.2) is 29.5 Å². The fourth-order valence-electron chi connectivity index (χ4n) is 6.80. The molecule has 160 valence electrons. The van der Waals surface area contributed by atoms with Crippen LogP contribution in [0.3, 0.4) is 0 Å². The zero-order valence-corrected chi connectivity index (χ0v) is 18.0. The van der Waals surface area contributed by atoms with Crippen molar-refractivity contribution in [2.24, 2.45) is 17.3 Å². The van der Waals surface area contributed by atoms with Gasteiger partial charge in [0.15, 0.2) is 0 Å². The molecule has 2 aromatic carbocycles. The van der Waals surface area contributed by atoms with Crippen LogP contribution in [0.1, 0.15) is 55.2 Å². The molecule has 0 bridgehead atoms. The molecule has 30 heavy (non-hydrogen) atoms. The SMILES string of the molecule is COc1ccc2c(c1)CCC1C2CC[C@@]2(C)C1CC(NCc1ccccc1O)[C@@H]2O. The number of hydrogen-bond acceptors (Lipinski definition) is 4. The first kappa shape index (κ1) is 19.9. The van der Waals surface area contributed by atoms with Crippen LogP contribution in [0.25, 0.3) is 0 Å². The van der Waals surface area contributed by atoms with Crippen molar-refractivity contribution in [3.63, 3.8) is 0 Å². The molecule has 0 heterocycles. The number of ether oxygens (including phenoxy) is 1. The van der Waals surface area contributed by atoms with E-state index in [9.17, 15) is 10.2 Å². The number of phenols is 1. The minimum atomic E-state index is -0.341. The number of aryl methyl sites for hydroxylation is 1. The van der Waals surface area contributed by atoms with Crippen molar-refractivity contribution < 1.29 is 14.9 Å². The van der Waals surface area contributed by atoms with E-state index >= 15 is 0 Å². The molecule has 3 N–H and O–H groups in total. The summed E-state index contributed by atoms with van der Waals surface area (Å²) >= 11 is 0. The number of methoxy groups -OCH3 is 1. The van der Waals surface area contributed by atoms with Crippen molar-refractivity contribution in [2.45, 2.75) is 63.6 Å². The minimum absolute atomic E-state index is 0.0263. The summed E-state index contributed by atoms with van der Waals surface area (Å²) in [6.07, 6.45) is 5.20. The highest BCUT2D eigenvalue weighted by Gasteiger charge is 2.57. The van der Waals surface area contributed by atoms with Crippen LogP contribution < -0.4 is 10.1 Å². The summed E-state index contributed by atoms with van der Waals surface area (Å²) in [5, 5.41) is 25.0. The van der Waals surface area contributed by atoms with Crippen molar-refractivity contribution in [3.05, 3.63) is 59.2 Å². The van der Waals surface area contributed by atoms with Crippen molar-refractivity contribution in [2.75, 3.05) is 7.11 Å². The molecule has 5 rings (SSSR count). The first-order valence-corrected chi connectivity index (χ1v) is 11.4. The van der Waals surface area contributed by atoms with E-state index in [2.05, 4.69) is 30.4 Å². The second kappa shape index (κ2) is 7.58. The molecule has 2 fully saturated rings. The van der Waals surface area contributed by atoms with Gasteiger partial charge >= 0.3 is 0 Å². The summed E-state index contributed by atoms with van der Waals surface area (Å²) in [5.74, 6) is 3.04. The van der Waals surface area contributed by atoms with Crippen LogP contribution in [-0.2, 0) is 13.0 Å². The van der Waals surface area contributed by atoms with Gasteiger partial charge in [-0.2, -0.15) is 0 Å². The van der Waals surface area contributed by atoms with Gasteiger partial charge in [0.2, 0.25) is 0 Å². The van der Waals surface area contributed by atoms with Gasteiger partial charge in [0.1, 0.15) is 11.5 Å². The quantitative estimate of drug-likeness (QED) is 0.704. The summed E-state index contributed by atoms with van der Waals surface area (Å²) in [5.41, 5.74) is 3.82. The van der Waals surface area contributed by atoms with Gasteiger partial charge in [0.25, 0.3) is 0 Å². The zero-order valence-electron chi connectivity index (χ0n) is 18.0. The molecular formula is C26H33NO3. The summed E-state index contributed by atoms with van der Waals surface area (Å²) in [4.78, 5) is 0. The molecule has 4 heteroatoms. The van der Waals surface area contributed by atoms with Crippen molar-refractivity contribution in [1.82, 2.24) is 5.32 Å². The topological polar surface area (TPSA) is 61.7 Å². The molecule has 6 atom stereocenters. The van der Waals surface area contributed by atoms with E-state index in [0.717, 1.165) is 37.0 Å². The average Bonchev–Trinajstić information content (AvgIpc) is 3.03. The molecule has 4 unspecified atom stereocenters. The van der Waals surface area contributed by atoms with Gasteiger partial charge in [-0.25, -0.2) is 0 Å². The lowest BCUT2D eigenvalue weighted by atomic mass is 9.55. The lowest BCUT2D eigenvalue weighted by Gasteiger charge is -2.50. The number of para-hydroxylation sites is 1. The Bertz CT molecular complexity index is 928. The molecular weight excluding hydrogens is 374 g/mol. The number of aliphatic hydroxyl groups is 1. The lowest BCUT2D eigenvalue weighted by molar-refractivity contribution is -0.0281. The first-order valence-electron chi connectivity index (χ1n) is 11.4. The van der Waals surface area contributed by atoms with E-state index in [0.29, 0.717) is 30.0 Å². The highest BCUT2D eigenvalue weighted by Crippen LogP contribution is 2.61. The standard InChI is InChI=1S/C26H33NO3/c1-26-12-11-20-19-10-8-18(30-2)13-16(19)7-9-21(20)22(26)14-23(25(26)29)27-15-17-5-3-4-6-24(17)28/h3-6,8,10,13,20-23,25,27-29H,7,9,11-12,14-15H2,1-2H3/t20?,21?,22?,23?,25-,26-/m0/s1. The number of hydrogen-bond donors (Lipinski definition) is 3. The Kier molecular flexibility index (Phi) is 5.03. The molecule has 0 saturated heterocycles. The monoisotopic (exact) mass is 407 g/mol. The number of benzene rings is 2. The smallest absolute Gasteiger partial charge is 0.120 e. The number of rotatable bonds is 4. The van der Waals surface area contributed by atoms with Crippen LogP contribution >= 0.6 is 0 Å². The minimum Gasteiger partial charge on any atom is -0.508 e. The predicted molar refractivity (Wildman–Crippen MR) is 118 cm³/mol. The largest absolute Gasteiger partial charge is 0.508 e. The maximum absolute atomic E-state index is 11.3. The van der Waals surface area contributed by atoms with Gasteiger partial charge < -0.3 is 20.3 Å². The van der Waals surface area contributed by atoms with Crippen LogP contribution in [0.4, 0.5) is 0 Å². The zero-order chi connectivity index (χ0) is 20.9. The molecule has 3 aliphatic rings. The first-order chi connectivity index (χ1) is 14.5. The highest BCUT2D eigenvalue weighted by atomic mass is 16.5. The van der Waals surface area contributed by atoms with Crippen LogP contribution in [0, 0.1) is 17.3 Å². The van der Waals surface area contributed by atoms with Gasteiger partial charge in [-0.15, -0.1) is 0 Å². The molecule has 0 aromatic heterocycles. The van der Waals surface area contributed by atoms with Gasteiger partial charge in [0.05, 0.1) is 13.2 Å². The summed E-state index contributed by atoms with van der Waals surface area (Å²) in [7, 11) is 1.74. The summed E-state index contributed by atoms with van der Waals surface area (Å²) in [6.45, 7) is 2.90. The van der Waals surface area contributed by atoms with Gasteiger partial charge in [-0.05, 0) is 84.6 Å². The number of aliphatic hydroxyl groups excluding tert-OH is 1. The fourth-order valence-corrected chi connectivity index (χ4v) is 6.80. The molecule has 4 nitrogen and oxygen atoms in total. The van der Waals surface area contributed by atoms with E-state index in [4.69, 9.17) is 4.74 Å². The maximum Gasteiger partial charge on any atom is 0.120 e. The van der Waals surface area contributed by atoms with Gasteiger partial charge in [-0.1, -0.05) is 31.2 Å². The van der Waals surface area contributed by atoms with E-state index in [-0.39, 0.29) is 17.6 Å². The van der Waals surface area contributed by atoms with Gasteiger partial charge in [-0.3, -0.25) is 0 Å². The third-order valence-corrected chi connectivity index (χ3v) is 8.48. The Labute approximate surface area is 179 Å². The maximum atomic E-state index is 11.3. The van der Waals surface area contributed by atoms with Crippen molar-refractivity contribution >= 4 is 0 Å². The Balaban J connectivity index is 1.35. The second-order valence-electron chi connectivity index (χ2n) is 9.82. The third-order valence-electron chi connectivity index (χ3n) is 8.48. The van der Waals surface area contributed by atoms with Gasteiger partial charge in [0, 0.05) is 18.2 Å². The number of nitrogens with one attached hydrogen (secondary N) is 1. The van der Waals surface area contributed by atoms with Crippen molar-refractivity contribution in [3.8, 4) is 11.5 Å². The summed E-state index contributed by atoms with van der Waals surface area (Å²) < 4.78 is 5.44. The molecule has 2 saturated carbocycles. The molecule has 2 aromatic rings. The average molecular weight is 408 g/mol. The fraction of sp³-hybridized carbons (Fsp3) is 0.538. The molecule has 3 aliphatic carbocycles. The lowest BCUT2D eigenvalue weighted by Crippen LogP contribution is -2.46. The van der Waals surface area contributed by atoms with E-state index in [1.54, 1.807) is 13.2 Å². The van der Waals surface area contributed by atoms with Crippen LogP contribution in [0.2, 0.25) is 0 Å². The Hall–Kier alpha value is -2.04. The molecule has 0 amide bonds. The Morgan fingerprint density at radius 1 is 1.17 bits per heavy atom. The molecule has 0 radical (unpaired) electrons. The van der Waals surface area contributed by atoms with E-state index in [1.165, 1.54) is 17.5 Å².